The minimum Gasteiger partial charge on any atom is -0.389 e. The van der Waals surface area contributed by atoms with Gasteiger partial charge >= 0.3 is 0 Å². The molecule has 0 aromatic heterocycles. The number of hydrogen-bond donors (Lipinski definition) is 1. The van der Waals surface area contributed by atoms with Crippen LogP contribution in [0.2, 0.25) is 0 Å². The van der Waals surface area contributed by atoms with Gasteiger partial charge in [0.1, 0.15) is 10.8 Å². The van der Waals surface area contributed by atoms with Crippen molar-refractivity contribution in [2.24, 2.45) is 5.73 Å². The summed E-state index contributed by atoms with van der Waals surface area (Å²) in [6, 6.07) is 4.44. The quantitative estimate of drug-likeness (QED) is 0.847. The molecule has 0 radical (unpaired) electrons. The van der Waals surface area contributed by atoms with Crippen molar-refractivity contribution in [3.05, 3.63) is 29.6 Å². The van der Waals surface area contributed by atoms with Crippen LogP contribution in [0.15, 0.2) is 18.2 Å². The average molecular weight is 302 g/mol. The van der Waals surface area contributed by atoms with Crippen LogP contribution in [0.4, 0.5) is 10.1 Å². The van der Waals surface area contributed by atoms with Gasteiger partial charge < -0.3 is 10.6 Å². The second kappa shape index (κ2) is 5.05. The molecule has 1 aliphatic heterocycles. The van der Waals surface area contributed by atoms with Gasteiger partial charge in [-0.15, -0.1) is 0 Å². The summed E-state index contributed by atoms with van der Waals surface area (Å²) in [5, 5.41) is 0. The van der Waals surface area contributed by atoms with Gasteiger partial charge in [0, 0.05) is 24.3 Å². The third-order valence-electron chi connectivity index (χ3n) is 3.38. The van der Waals surface area contributed by atoms with Crippen molar-refractivity contribution in [3.63, 3.8) is 0 Å². The van der Waals surface area contributed by atoms with Crippen molar-refractivity contribution < 1.29 is 12.8 Å². The fourth-order valence-electron chi connectivity index (χ4n) is 2.21. The molecule has 104 valence electrons. The number of anilines is 1. The summed E-state index contributed by atoms with van der Waals surface area (Å²) in [7, 11) is -1.19. The highest BCUT2D eigenvalue weighted by Crippen LogP contribution is 2.24. The molecule has 1 unspecified atom stereocenters. The van der Waals surface area contributed by atoms with Gasteiger partial charge in [0.05, 0.1) is 11.5 Å². The lowest BCUT2D eigenvalue weighted by Gasteiger charge is -2.25. The first kappa shape index (κ1) is 14.2. The molecule has 1 fully saturated rings. The fraction of sp³-hybridized carbons (Fsp3) is 0.417. The lowest BCUT2D eigenvalue weighted by molar-refractivity contribution is 0.600. The van der Waals surface area contributed by atoms with Crippen LogP contribution in [0.3, 0.4) is 0 Å². The van der Waals surface area contributed by atoms with E-state index < -0.39 is 15.7 Å². The maximum Gasteiger partial charge on any atom is 0.152 e. The number of sulfone groups is 1. The molecule has 0 aliphatic carbocycles. The van der Waals surface area contributed by atoms with Gasteiger partial charge in [-0.05, 0) is 24.6 Å². The Morgan fingerprint density at radius 1 is 1.53 bits per heavy atom. The van der Waals surface area contributed by atoms with Gasteiger partial charge in [0.25, 0.3) is 0 Å². The molecule has 0 spiro atoms. The van der Waals surface area contributed by atoms with Gasteiger partial charge in [-0.1, -0.05) is 12.2 Å². The van der Waals surface area contributed by atoms with E-state index in [0.29, 0.717) is 12.1 Å². The average Bonchev–Trinajstić information content (AvgIpc) is 2.68. The molecule has 0 amide bonds. The molecular formula is C12H15FN2O2S2. The number of hydrogen-bond acceptors (Lipinski definition) is 4. The lowest BCUT2D eigenvalue weighted by atomic mass is 10.1. The topological polar surface area (TPSA) is 63.4 Å². The molecular weight excluding hydrogens is 287 g/mol. The Labute approximate surface area is 117 Å². The van der Waals surface area contributed by atoms with Crippen LogP contribution in [0.25, 0.3) is 0 Å². The predicted molar refractivity (Wildman–Crippen MR) is 77.7 cm³/mol. The van der Waals surface area contributed by atoms with E-state index in [1.807, 2.05) is 0 Å². The van der Waals surface area contributed by atoms with Gasteiger partial charge in [-0.2, -0.15) is 0 Å². The van der Waals surface area contributed by atoms with E-state index in [4.69, 9.17) is 18.0 Å². The van der Waals surface area contributed by atoms with E-state index in [9.17, 15) is 12.8 Å². The molecule has 0 bridgehead atoms. The summed E-state index contributed by atoms with van der Waals surface area (Å²) in [5.41, 5.74) is 6.22. The van der Waals surface area contributed by atoms with Crippen LogP contribution in [0, 0.1) is 5.82 Å². The predicted octanol–water partition coefficient (Wildman–Crippen LogP) is 1.08. The third-order valence-corrected chi connectivity index (χ3v) is 5.35. The summed E-state index contributed by atoms with van der Waals surface area (Å²) >= 11 is 4.74. The van der Waals surface area contributed by atoms with Crippen LogP contribution >= 0.6 is 12.2 Å². The molecule has 1 aromatic rings. The smallest absolute Gasteiger partial charge is 0.152 e. The van der Waals surface area contributed by atoms with Crippen LogP contribution in [0.1, 0.15) is 12.0 Å². The van der Waals surface area contributed by atoms with E-state index in [1.54, 1.807) is 18.0 Å². The van der Waals surface area contributed by atoms with Crippen LogP contribution < -0.4 is 10.6 Å². The zero-order chi connectivity index (χ0) is 14.2. The van der Waals surface area contributed by atoms with E-state index >= 15 is 0 Å². The van der Waals surface area contributed by atoms with Crippen LogP contribution in [-0.2, 0) is 9.84 Å². The number of rotatable bonds is 3. The van der Waals surface area contributed by atoms with Crippen molar-refractivity contribution in [2.75, 3.05) is 23.5 Å². The highest BCUT2D eigenvalue weighted by molar-refractivity contribution is 7.91. The number of thiocarbonyl (C=S) groups is 1. The van der Waals surface area contributed by atoms with Gasteiger partial charge in [0.2, 0.25) is 0 Å². The maximum atomic E-state index is 13.8. The Hall–Kier alpha value is -1.21. The van der Waals surface area contributed by atoms with Crippen LogP contribution in [-0.4, -0.2) is 38.0 Å². The number of benzene rings is 1. The summed E-state index contributed by atoms with van der Waals surface area (Å²) < 4.78 is 36.7. The highest BCUT2D eigenvalue weighted by atomic mass is 32.2. The monoisotopic (exact) mass is 302 g/mol. The second-order valence-electron chi connectivity index (χ2n) is 4.70. The van der Waals surface area contributed by atoms with Crippen molar-refractivity contribution in [1.29, 1.82) is 0 Å². The minimum atomic E-state index is -2.96. The molecule has 19 heavy (non-hydrogen) atoms. The zero-order valence-corrected chi connectivity index (χ0v) is 12.1. The van der Waals surface area contributed by atoms with E-state index in [0.717, 1.165) is 0 Å². The second-order valence-corrected chi connectivity index (χ2v) is 7.36. The summed E-state index contributed by atoms with van der Waals surface area (Å²) in [5.74, 6) is -0.185. The standard InChI is InChI=1S/C12H15FN2O2S2/c1-15(9-4-5-19(16,17)7-9)8-2-3-10(12(14)18)11(13)6-8/h2-3,6,9H,4-5,7H2,1H3,(H2,14,18). The Morgan fingerprint density at radius 3 is 2.68 bits per heavy atom. The van der Waals surface area contributed by atoms with E-state index in [2.05, 4.69) is 0 Å². The molecule has 1 aliphatic rings. The molecule has 1 heterocycles. The molecule has 4 nitrogen and oxygen atoms in total. The Kier molecular flexibility index (Phi) is 3.78. The molecule has 1 aromatic carbocycles. The largest absolute Gasteiger partial charge is 0.389 e. The van der Waals surface area contributed by atoms with Crippen molar-refractivity contribution >= 4 is 32.7 Å². The summed E-state index contributed by atoms with van der Waals surface area (Å²) in [6.45, 7) is 0. The maximum absolute atomic E-state index is 13.8. The first-order chi connectivity index (χ1) is 8.80. The highest BCUT2D eigenvalue weighted by Gasteiger charge is 2.31. The molecule has 2 N–H and O–H groups in total. The third kappa shape index (κ3) is 3.03. The number of nitrogens with two attached hydrogens (primary N) is 1. The van der Waals surface area contributed by atoms with Crippen LogP contribution in [0.5, 0.6) is 0 Å². The zero-order valence-electron chi connectivity index (χ0n) is 10.5. The molecule has 7 heteroatoms. The summed E-state index contributed by atoms with van der Waals surface area (Å²) in [6.07, 6.45) is 0.567. The van der Waals surface area contributed by atoms with Crippen molar-refractivity contribution in [1.82, 2.24) is 0 Å². The molecule has 0 saturated carbocycles. The first-order valence-corrected chi connectivity index (χ1v) is 8.06. The molecule has 1 atom stereocenters. The lowest BCUT2D eigenvalue weighted by Crippen LogP contribution is -2.32. The van der Waals surface area contributed by atoms with Gasteiger partial charge in [0.15, 0.2) is 9.84 Å². The first-order valence-electron chi connectivity index (χ1n) is 5.83. The Balaban J connectivity index is 2.23. The normalized spacial score (nSPS) is 21.3. The molecule has 1 saturated heterocycles. The summed E-state index contributed by atoms with van der Waals surface area (Å²) in [4.78, 5) is 1.80. The SMILES string of the molecule is CN(c1ccc(C(N)=S)c(F)c1)C1CCS(=O)(=O)C1. The number of halogens is 1. The Morgan fingerprint density at radius 2 is 2.21 bits per heavy atom. The minimum absolute atomic E-state index is 0.00940. The molecule has 2 rings (SSSR count). The van der Waals surface area contributed by atoms with Gasteiger partial charge in [-0.25, -0.2) is 12.8 Å². The van der Waals surface area contributed by atoms with E-state index in [1.165, 1.54) is 12.1 Å². The Bertz CT molecular complexity index is 616. The fourth-order valence-corrected chi connectivity index (χ4v) is 4.15. The van der Waals surface area contributed by atoms with Gasteiger partial charge in [-0.3, -0.25) is 0 Å². The van der Waals surface area contributed by atoms with E-state index in [-0.39, 0.29) is 28.1 Å². The van der Waals surface area contributed by atoms with Crippen molar-refractivity contribution in [3.8, 4) is 0 Å². The van der Waals surface area contributed by atoms with Crippen molar-refractivity contribution in [2.45, 2.75) is 12.5 Å². The number of nitrogens with zero attached hydrogens (tertiary/aromatic N) is 1.